The SMILES string of the molecule is COc1nc(-c2nnc(C)o2)no1. The van der Waals surface area contributed by atoms with Gasteiger partial charge in [-0.1, -0.05) is 0 Å². The molecule has 0 aliphatic rings. The maximum atomic E-state index is 5.06. The second kappa shape index (κ2) is 2.85. The molecule has 2 aromatic rings. The fourth-order valence-electron chi connectivity index (χ4n) is 0.766. The lowest BCUT2D eigenvalue weighted by molar-refractivity contribution is 0.250. The normalized spacial score (nSPS) is 10.3. The van der Waals surface area contributed by atoms with Crippen molar-refractivity contribution in [2.24, 2.45) is 0 Å². The van der Waals surface area contributed by atoms with E-state index in [2.05, 4.69) is 24.9 Å². The van der Waals surface area contributed by atoms with Crippen molar-refractivity contribution in [2.45, 2.75) is 6.92 Å². The highest BCUT2D eigenvalue weighted by Crippen LogP contribution is 2.16. The number of ether oxygens (including phenoxy) is 1. The molecule has 7 nitrogen and oxygen atoms in total. The minimum atomic E-state index is 0.0610. The predicted octanol–water partition coefficient (Wildman–Crippen LogP) is 0.437. The molecule has 0 N–H and O–H groups in total. The molecule has 0 atom stereocenters. The van der Waals surface area contributed by atoms with Crippen LogP contribution in [0.2, 0.25) is 0 Å². The fourth-order valence-corrected chi connectivity index (χ4v) is 0.766. The number of hydrogen-bond donors (Lipinski definition) is 0. The van der Waals surface area contributed by atoms with Gasteiger partial charge in [0.25, 0.3) is 11.7 Å². The van der Waals surface area contributed by atoms with Crippen LogP contribution in [0.15, 0.2) is 8.94 Å². The number of aryl methyl sites for hydroxylation is 1. The summed E-state index contributed by atoms with van der Waals surface area (Å²) >= 11 is 0. The number of rotatable bonds is 2. The van der Waals surface area contributed by atoms with Gasteiger partial charge in [-0.3, -0.25) is 4.52 Å². The van der Waals surface area contributed by atoms with Gasteiger partial charge in [0.05, 0.1) is 7.11 Å². The summed E-state index contributed by atoms with van der Waals surface area (Å²) in [7, 11) is 1.43. The van der Waals surface area contributed by atoms with Crippen LogP contribution in [0.5, 0.6) is 6.08 Å². The predicted molar refractivity (Wildman–Crippen MR) is 38.9 cm³/mol. The van der Waals surface area contributed by atoms with E-state index in [9.17, 15) is 0 Å². The molecule has 0 radical (unpaired) electrons. The van der Waals surface area contributed by atoms with Gasteiger partial charge < -0.3 is 9.15 Å². The van der Waals surface area contributed by atoms with Crippen LogP contribution in [0.1, 0.15) is 5.89 Å². The smallest absolute Gasteiger partial charge is 0.417 e. The molecular weight excluding hydrogens is 176 g/mol. The summed E-state index contributed by atoms with van der Waals surface area (Å²) in [6.07, 6.45) is 0.0610. The lowest BCUT2D eigenvalue weighted by Crippen LogP contribution is -1.82. The zero-order valence-corrected chi connectivity index (χ0v) is 7.01. The molecule has 0 saturated heterocycles. The monoisotopic (exact) mass is 182 g/mol. The standard InChI is InChI=1S/C6H6N4O3/c1-3-8-9-5(12-3)4-7-6(11-2)13-10-4/h1-2H3. The van der Waals surface area contributed by atoms with Crippen molar-refractivity contribution in [3.05, 3.63) is 5.89 Å². The van der Waals surface area contributed by atoms with E-state index < -0.39 is 0 Å². The Balaban J connectivity index is 2.35. The summed E-state index contributed by atoms with van der Waals surface area (Å²) in [6, 6.07) is 0. The molecule has 7 heteroatoms. The average molecular weight is 182 g/mol. The van der Waals surface area contributed by atoms with Gasteiger partial charge in [0.15, 0.2) is 0 Å². The van der Waals surface area contributed by atoms with Crippen LogP contribution in [0.4, 0.5) is 0 Å². The van der Waals surface area contributed by atoms with Crippen molar-refractivity contribution in [1.82, 2.24) is 20.3 Å². The van der Waals surface area contributed by atoms with E-state index in [0.717, 1.165) is 0 Å². The zero-order chi connectivity index (χ0) is 9.26. The van der Waals surface area contributed by atoms with E-state index in [-0.39, 0.29) is 17.8 Å². The van der Waals surface area contributed by atoms with Gasteiger partial charge >= 0.3 is 6.08 Å². The summed E-state index contributed by atoms with van der Waals surface area (Å²) in [5.41, 5.74) is 0. The van der Waals surface area contributed by atoms with Crippen LogP contribution < -0.4 is 4.74 Å². The van der Waals surface area contributed by atoms with Gasteiger partial charge in [-0.15, -0.1) is 15.2 Å². The molecule has 0 aliphatic heterocycles. The molecular formula is C6H6N4O3. The first kappa shape index (κ1) is 7.71. The van der Waals surface area contributed by atoms with Crippen molar-refractivity contribution in [3.63, 3.8) is 0 Å². The number of nitrogens with zero attached hydrogens (tertiary/aromatic N) is 4. The molecule has 0 amide bonds. The number of aromatic nitrogens is 4. The molecule has 0 fully saturated rings. The molecule has 68 valence electrons. The van der Waals surface area contributed by atoms with E-state index in [1.165, 1.54) is 7.11 Å². The Kier molecular flexibility index (Phi) is 1.69. The molecule has 2 heterocycles. The highest BCUT2D eigenvalue weighted by atomic mass is 16.6. The molecule has 0 bridgehead atoms. The minimum absolute atomic E-state index is 0.0610. The Morgan fingerprint density at radius 1 is 1.31 bits per heavy atom. The maximum absolute atomic E-state index is 5.06. The second-order valence-corrected chi connectivity index (χ2v) is 2.21. The van der Waals surface area contributed by atoms with E-state index in [1.807, 2.05) is 0 Å². The topological polar surface area (TPSA) is 87.1 Å². The highest BCUT2D eigenvalue weighted by molar-refractivity contribution is 5.37. The van der Waals surface area contributed by atoms with E-state index >= 15 is 0 Å². The zero-order valence-electron chi connectivity index (χ0n) is 7.01. The Morgan fingerprint density at radius 3 is 2.69 bits per heavy atom. The number of methoxy groups -OCH3 is 1. The van der Waals surface area contributed by atoms with Crippen molar-refractivity contribution in [2.75, 3.05) is 7.11 Å². The summed E-state index contributed by atoms with van der Waals surface area (Å²) in [5, 5.41) is 10.9. The Bertz CT molecular complexity index is 407. The van der Waals surface area contributed by atoms with Crippen LogP contribution in [0, 0.1) is 6.92 Å². The van der Waals surface area contributed by atoms with Gasteiger partial charge in [-0.2, -0.15) is 0 Å². The molecule has 0 aromatic carbocycles. The minimum Gasteiger partial charge on any atom is -0.452 e. The van der Waals surface area contributed by atoms with Crippen molar-refractivity contribution < 1.29 is 13.7 Å². The van der Waals surface area contributed by atoms with Gasteiger partial charge in [0.2, 0.25) is 5.89 Å². The van der Waals surface area contributed by atoms with Crippen LogP contribution >= 0.6 is 0 Å². The summed E-state index contributed by atoms with van der Waals surface area (Å²) < 4.78 is 14.4. The van der Waals surface area contributed by atoms with Gasteiger partial charge in [0, 0.05) is 6.92 Å². The van der Waals surface area contributed by atoms with Crippen LogP contribution in [-0.4, -0.2) is 27.4 Å². The lowest BCUT2D eigenvalue weighted by atomic mass is 10.6. The lowest BCUT2D eigenvalue weighted by Gasteiger charge is -1.82. The maximum Gasteiger partial charge on any atom is 0.417 e. The fraction of sp³-hybridized carbons (Fsp3) is 0.333. The second-order valence-electron chi connectivity index (χ2n) is 2.21. The van der Waals surface area contributed by atoms with E-state index in [4.69, 9.17) is 9.15 Å². The summed E-state index contributed by atoms with van der Waals surface area (Å²) in [6.45, 7) is 1.67. The molecule has 2 aromatic heterocycles. The summed E-state index contributed by atoms with van der Waals surface area (Å²) in [4.78, 5) is 3.82. The molecule has 0 unspecified atom stereocenters. The molecule has 0 spiro atoms. The number of hydrogen-bond acceptors (Lipinski definition) is 7. The average Bonchev–Trinajstić information content (AvgIpc) is 2.71. The van der Waals surface area contributed by atoms with Crippen LogP contribution in [0.25, 0.3) is 11.7 Å². The Labute approximate surface area is 72.7 Å². The molecule has 2 rings (SSSR count). The Hall–Kier alpha value is -1.92. The summed E-state index contributed by atoms with van der Waals surface area (Å²) in [5.74, 6) is 0.876. The first-order valence-electron chi connectivity index (χ1n) is 3.48. The van der Waals surface area contributed by atoms with Crippen LogP contribution in [0.3, 0.4) is 0 Å². The van der Waals surface area contributed by atoms with Crippen molar-refractivity contribution >= 4 is 0 Å². The Morgan fingerprint density at radius 2 is 2.15 bits per heavy atom. The first-order valence-corrected chi connectivity index (χ1v) is 3.48. The van der Waals surface area contributed by atoms with Gasteiger partial charge in [0.1, 0.15) is 0 Å². The van der Waals surface area contributed by atoms with Crippen molar-refractivity contribution in [3.8, 4) is 17.8 Å². The first-order chi connectivity index (χ1) is 6.29. The third-order valence-corrected chi connectivity index (χ3v) is 1.30. The van der Waals surface area contributed by atoms with E-state index in [0.29, 0.717) is 5.89 Å². The molecule has 13 heavy (non-hydrogen) atoms. The molecule has 0 saturated carbocycles. The third-order valence-electron chi connectivity index (χ3n) is 1.30. The third kappa shape index (κ3) is 1.35. The van der Waals surface area contributed by atoms with Gasteiger partial charge in [-0.05, 0) is 5.16 Å². The quantitative estimate of drug-likeness (QED) is 0.665. The van der Waals surface area contributed by atoms with Crippen LogP contribution in [-0.2, 0) is 0 Å². The largest absolute Gasteiger partial charge is 0.452 e. The van der Waals surface area contributed by atoms with Gasteiger partial charge in [-0.25, -0.2) is 0 Å². The molecule has 0 aliphatic carbocycles. The van der Waals surface area contributed by atoms with Crippen molar-refractivity contribution in [1.29, 1.82) is 0 Å². The highest BCUT2D eigenvalue weighted by Gasteiger charge is 2.13. The van der Waals surface area contributed by atoms with E-state index in [1.54, 1.807) is 6.92 Å².